The predicted molar refractivity (Wildman–Crippen MR) is 48.5 cm³/mol. The van der Waals surface area contributed by atoms with Crippen LogP contribution < -0.4 is 0 Å². The molecule has 0 atom stereocenters. The van der Waals surface area contributed by atoms with Crippen LogP contribution in [-0.2, 0) is 0 Å². The van der Waals surface area contributed by atoms with E-state index in [0.717, 1.165) is 4.47 Å². The van der Waals surface area contributed by atoms with Crippen molar-refractivity contribution in [3.8, 4) is 0 Å². The van der Waals surface area contributed by atoms with Gasteiger partial charge in [0.1, 0.15) is 5.82 Å². The van der Waals surface area contributed by atoms with Crippen molar-refractivity contribution >= 4 is 22.0 Å². The normalized spacial score (nSPS) is 10.8. The van der Waals surface area contributed by atoms with Crippen LogP contribution in [0.1, 0.15) is 5.56 Å². The lowest BCUT2D eigenvalue weighted by molar-refractivity contribution is 0.624. The summed E-state index contributed by atoms with van der Waals surface area (Å²) in [7, 11) is 0. The van der Waals surface area contributed by atoms with Crippen LogP contribution in [0.15, 0.2) is 28.7 Å². The van der Waals surface area contributed by atoms with Crippen LogP contribution in [-0.4, -0.2) is 0 Å². The van der Waals surface area contributed by atoms with Crippen molar-refractivity contribution in [2.24, 2.45) is 0 Å². The van der Waals surface area contributed by atoms with Crippen molar-refractivity contribution in [1.29, 1.82) is 0 Å². The molecular weight excluding hydrogens is 207 g/mol. The van der Waals surface area contributed by atoms with E-state index in [9.17, 15) is 4.39 Å². The van der Waals surface area contributed by atoms with Crippen LogP contribution in [0.3, 0.4) is 0 Å². The van der Waals surface area contributed by atoms with E-state index >= 15 is 0 Å². The fourth-order valence-corrected chi connectivity index (χ4v) is 1.10. The zero-order chi connectivity index (χ0) is 8.27. The van der Waals surface area contributed by atoms with Gasteiger partial charge in [-0.25, -0.2) is 4.39 Å². The Labute approximate surface area is 73.9 Å². The second-order valence-corrected chi connectivity index (χ2v) is 2.98. The molecule has 0 spiro atoms. The van der Waals surface area contributed by atoms with E-state index in [4.69, 9.17) is 0 Å². The molecule has 0 aliphatic rings. The van der Waals surface area contributed by atoms with Gasteiger partial charge in [-0.3, -0.25) is 0 Å². The fourth-order valence-electron chi connectivity index (χ4n) is 0.764. The molecule has 0 amide bonds. The van der Waals surface area contributed by atoms with Gasteiger partial charge in [0.25, 0.3) is 0 Å². The molecule has 1 aromatic rings. The van der Waals surface area contributed by atoms with Gasteiger partial charge in [0.2, 0.25) is 0 Å². The number of allylic oxidation sites excluding steroid dienone is 1. The Morgan fingerprint density at radius 1 is 1.45 bits per heavy atom. The van der Waals surface area contributed by atoms with Crippen LogP contribution in [0.25, 0.3) is 6.08 Å². The average molecular weight is 214 g/mol. The first-order chi connectivity index (χ1) is 5.24. The Balaban J connectivity index is 3.09. The Kier molecular flexibility index (Phi) is 2.83. The summed E-state index contributed by atoms with van der Waals surface area (Å²) in [5.74, 6) is -0.237. The maximum Gasteiger partial charge on any atom is 0.131 e. The average Bonchev–Trinajstić information content (AvgIpc) is 1.95. The van der Waals surface area contributed by atoms with Gasteiger partial charge in [-0.15, -0.1) is 0 Å². The summed E-state index contributed by atoms with van der Waals surface area (Å²) in [5, 5.41) is 0. The monoisotopic (exact) mass is 213 g/mol. The minimum Gasteiger partial charge on any atom is -0.206 e. The molecule has 1 aromatic carbocycles. The van der Waals surface area contributed by atoms with E-state index in [1.807, 2.05) is 0 Å². The van der Waals surface area contributed by atoms with Crippen molar-refractivity contribution in [3.05, 3.63) is 47.1 Å². The molecule has 0 bridgehead atoms. The van der Waals surface area contributed by atoms with E-state index < -0.39 is 0 Å². The smallest absolute Gasteiger partial charge is 0.131 e. The van der Waals surface area contributed by atoms with Crippen molar-refractivity contribution in [3.63, 3.8) is 0 Å². The van der Waals surface area contributed by atoms with Crippen LogP contribution in [0.4, 0.5) is 4.39 Å². The largest absolute Gasteiger partial charge is 0.206 e. The second kappa shape index (κ2) is 3.67. The molecule has 0 unspecified atom stereocenters. The lowest BCUT2D eigenvalue weighted by Crippen LogP contribution is -1.80. The molecule has 0 saturated heterocycles. The first-order valence-corrected chi connectivity index (χ1v) is 3.94. The zero-order valence-corrected chi connectivity index (χ0v) is 7.44. The van der Waals surface area contributed by atoms with Gasteiger partial charge in [0.15, 0.2) is 0 Å². The molecule has 57 valence electrons. The lowest BCUT2D eigenvalue weighted by atomic mass is 10.2. The molecule has 11 heavy (non-hydrogen) atoms. The van der Waals surface area contributed by atoms with Crippen molar-refractivity contribution in [1.82, 2.24) is 0 Å². The van der Waals surface area contributed by atoms with E-state index in [1.54, 1.807) is 24.3 Å². The summed E-state index contributed by atoms with van der Waals surface area (Å²) in [4.78, 5) is 0. The first-order valence-electron chi connectivity index (χ1n) is 3.15. The first kappa shape index (κ1) is 8.47. The molecule has 0 aliphatic carbocycles. The van der Waals surface area contributed by atoms with Gasteiger partial charge in [-0.2, -0.15) is 0 Å². The number of benzene rings is 1. The highest BCUT2D eigenvalue weighted by Crippen LogP contribution is 2.15. The summed E-state index contributed by atoms with van der Waals surface area (Å²) in [6, 6.07) is 4.91. The Bertz CT molecular complexity index is 279. The third-order valence-corrected chi connectivity index (χ3v) is 1.75. The fraction of sp³-hybridized carbons (Fsp3) is 0. The number of hydrogen-bond donors (Lipinski definition) is 0. The summed E-state index contributed by atoms with van der Waals surface area (Å²) in [5.41, 5.74) is 0.559. The van der Waals surface area contributed by atoms with E-state index in [2.05, 4.69) is 22.9 Å². The number of halogens is 2. The highest BCUT2D eigenvalue weighted by atomic mass is 79.9. The van der Waals surface area contributed by atoms with Crippen LogP contribution in [0, 0.1) is 12.7 Å². The summed E-state index contributed by atoms with van der Waals surface area (Å²) in [6.07, 6.45) is 3.19. The molecular formula is C9H7BrF. The van der Waals surface area contributed by atoms with Gasteiger partial charge < -0.3 is 0 Å². The van der Waals surface area contributed by atoms with Crippen molar-refractivity contribution < 1.29 is 4.39 Å². The SMILES string of the molecule is [CH2]/C=C/c1ccc(Br)cc1F. The quantitative estimate of drug-likeness (QED) is 0.671. The zero-order valence-electron chi connectivity index (χ0n) is 5.85. The Morgan fingerprint density at radius 2 is 2.18 bits per heavy atom. The highest BCUT2D eigenvalue weighted by Gasteiger charge is 1.97. The van der Waals surface area contributed by atoms with E-state index in [-0.39, 0.29) is 5.82 Å². The van der Waals surface area contributed by atoms with Crippen molar-refractivity contribution in [2.75, 3.05) is 0 Å². The number of hydrogen-bond acceptors (Lipinski definition) is 0. The molecule has 0 aromatic heterocycles. The molecule has 0 fully saturated rings. The minimum absolute atomic E-state index is 0.237. The van der Waals surface area contributed by atoms with E-state index in [1.165, 1.54) is 6.07 Å². The van der Waals surface area contributed by atoms with Gasteiger partial charge in [0, 0.05) is 10.0 Å². The highest BCUT2D eigenvalue weighted by molar-refractivity contribution is 9.10. The molecule has 0 nitrogen and oxygen atoms in total. The van der Waals surface area contributed by atoms with Gasteiger partial charge >= 0.3 is 0 Å². The Morgan fingerprint density at radius 3 is 2.73 bits per heavy atom. The van der Waals surface area contributed by atoms with Gasteiger partial charge in [-0.05, 0) is 19.1 Å². The third-order valence-electron chi connectivity index (χ3n) is 1.26. The topological polar surface area (TPSA) is 0 Å². The van der Waals surface area contributed by atoms with Crippen LogP contribution in [0.2, 0.25) is 0 Å². The minimum atomic E-state index is -0.237. The summed E-state index contributed by atoms with van der Waals surface area (Å²) in [6.45, 7) is 3.49. The van der Waals surface area contributed by atoms with Crippen molar-refractivity contribution in [2.45, 2.75) is 0 Å². The Hall–Kier alpha value is -0.630. The summed E-state index contributed by atoms with van der Waals surface area (Å²) >= 11 is 3.17. The molecule has 0 saturated carbocycles. The maximum absolute atomic E-state index is 12.9. The van der Waals surface area contributed by atoms with E-state index in [0.29, 0.717) is 5.56 Å². The molecule has 0 N–H and O–H groups in total. The maximum atomic E-state index is 12.9. The third kappa shape index (κ3) is 2.15. The summed E-state index contributed by atoms with van der Waals surface area (Å²) < 4.78 is 13.7. The molecule has 0 heterocycles. The number of rotatable bonds is 1. The molecule has 1 radical (unpaired) electrons. The lowest BCUT2D eigenvalue weighted by Gasteiger charge is -1.95. The predicted octanol–water partition coefficient (Wildman–Crippen LogP) is 3.44. The van der Waals surface area contributed by atoms with Crippen LogP contribution in [0.5, 0.6) is 0 Å². The van der Waals surface area contributed by atoms with Gasteiger partial charge in [0.05, 0.1) is 0 Å². The van der Waals surface area contributed by atoms with Gasteiger partial charge in [-0.1, -0.05) is 34.1 Å². The molecule has 0 aliphatic heterocycles. The second-order valence-electron chi connectivity index (χ2n) is 2.07. The van der Waals surface area contributed by atoms with Crippen LogP contribution >= 0.6 is 15.9 Å². The molecule has 1 rings (SSSR count). The molecule has 2 heteroatoms. The standard InChI is InChI=1S/C9H7BrF/c1-2-3-7-4-5-8(10)6-9(7)11/h2-6H,1H2/b3-2+.